The number of aliphatic carboxylic acids is 1. The van der Waals surface area contributed by atoms with Crippen LogP contribution in [0.4, 0.5) is 10.1 Å². The van der Waals surface area contributed by atoms with E-state index >= 15 is 0 Å². The standard InChI is InChI=1S/C19H14ClFN2O3S/c20-13-2-1-3-15-18(13)22-16(27-15)9-23-14-5-4-12(21)7-10(14)6-11(19(23)26)8-17(24)25/h1-5,7,11H,6,8-9H2,(H,24,25). The van der Waals surface area contributed by atoms with Gasteiger partial charge in [-0.2, -0.15) is 0 Å². The second kappa shape index (κ2) is 6.90. The molecule has 1 aliphatic heterocycles. The number of hydrogen-bond donors (Lipinski definition) is 1. The van der Waals surface area contributed by atoms with Crippen LogP contribution in [0, 0.1) is 11.7 Å². The average Bonchev–Trinajstić information content (AvgIpc) is 3.02. The zero-order valence-corrected chi connectivity index (χ0v) is 15.6. The Morgan fingerprint density at radius 3 is 2.93 bits per heavy atom. The number of nitrogens with zero attached hydrogens (tertiary/aromatic N) is 2. The monoisotopic (exact) mass is 404 g/mol. The van der Waals surface area contributed by atoms with Crippen LogP contribution in [0.3, 0.4) is 0 Å². The molecule has 0 fully saturated rings. The summed E-state index contributed by atoms with van der Waals surface area (Å²) in [4.78, 5) is 30.1. The van der Waals surface area contributed by atoms with Crippen molar-refractivity contribution >= 4 is 50.7 Å². The lowest BCUT2D eigenvalue weighted by atomic mass is 9.89. The molecular weight excluding hydrogens is 391 g/mol. The smallest absolute Gasteiger partial charge is 0.304 e. The van der Waals surface area contributed by atoms with Crippen molar-refractivity contribution in [2.24, 2.45) is 5.92 Å². The molecule has 0 spiro atoms. The predicted molar refractivity (Wildman–Crippen MR) is 102 cm³/mol. The first-order chi connectivity index (χ1) is 12.9. The molecule has 8 heteroatoms. The van der Waals surface area contributed by atoms with Gasteiger partial charge in [0.25, 0.3) is 0 Å². The number of hydrogen-bond acceptors (Lipinski definition) is 4. The number of halogens is 2. The normalized spacial score (nSPS) is 16.6. The highest BCUT2D eigenvalue weighted by Gasteiger charge is 2.34. The van der Waals surface area contributed by atoms with Crippen molar-refractivity contribution in [2.45, 2.75) is 19.4 Å². The van der Waals surface area contributed by atoms with Crippen molar-refractivity contribution in [3.05, 3.63) is 57.8 Å². The first-order valence-corrected chi connectivity index (χ1v) is 9.47. The van der Waals surface area contributed by atoms with E-state index < -0.39 is 17.7 Å². The van der Waals surface area contributed by atoms with Gasteiger partial charge in [-0.25, -0.2) is 9.37 Å². The Labute approximate surface area is 163 Å². The summed E-state index contributed by atoms with van der Waals surface area (Å²) >= 11 is 7.60. The number of carboxylic acids is 1. The lowest BCUT2D eigenvalue weighted by molar-refractivity contribution is -0.140. The number of rotatable bonds is 4. The lowest BCUT2D eigenvalue weighted by Gasteiger charge is -2.33. The molecule has 2 heterocycles. The highest BCUT2D eigenvalue weighted by Crippen LogP contribution is 2.35. The van der Waals surface area contributed by atoms with E-state index in [1.165, 1.54) is 28.4 Å². The topological polar surface area (TPSA) is 70.5 Å². The van der Waals surface area contributed by atoms with Crippen LogP contribution in [0.5, 0.6) is 0 Å². The molecule has 4 rings (SSSR count). The number of aromatic nitrogens is 1. The molecule has 1 aromatic heterocycles. The van der Waals surface area contributed by atoms with Gasteiger partial charge in [-0.1, -0.05) is 17.7 Å². The molecule has 0 saturated carbocycles. The van der Waals surface area contributed by atoms with Gasteiger partial charge in [-0.05, 0) is 42.3 Å². The summed E-state index contributed by atoms with van der Waals surface area (Å²) in [6.07, 6.45) is -0.0860. The molecule has 3 aromatic rings. The van der Waals surface area contributed by atoms with E-state index in [4.69, 9.17) is 16.7 Å². The van der Waals surface area contributed by atoms with E-state index in [-0.39, 0.29) is 25.3 Å². The van der Waals surface area contributed by atoms with Gasteiger partial charge in [-0.15, -0.1) is 11.3 Å². The number of carbonyl (C=O) groups is 2. The number of fused-ring (bicyclic) bond motifs is 2. The van der Waals surface area contributed by atoms with E-state index in [0.29, 0.717) is 26.8 Å². The molecule has 2 aromatic carbocycles. The van der Waals surface area contributed by atoms with Crippen LogP contribution in [0.1, 0.15) is 17.0 Å². The van der Waals surface area contributed by atoms with Gasteiger partial charge in [0.1, 0.15) is 16.3 Å². The zero-order valence-electron chi connectivity index (χ0n) is 14.0. The SMILES string of the molecule is O=C(O)CC1Cc2cc(F)ccc2N(Cc2nc3c(Cl)cccc3s2)C1=O. The minimum atomic E-state index is -1.06. The second-order valence-corrected chi connectivity index (χ2v) is 7.91. The van der Waals surface area contributed by atoms with Gasteiger partial charge in [-0.3, -0.25) is 9.59 Å². The molecule has 1 unspecified atom stereocenters. The van der Waals surface area contributed by atoms with Crippen LogP contribution < -0.4 is 4.90 Å². The van der Waals surface area contributed by atoms with Gasteiger partial charge in [0.2, 0.25) is 5.91 Å². The van der Waals surface area contributed by atoms with E-state index in [0.717, 1.165) is 4.70 Å². The molecule has 0 aliphatic carbocycles. The Hall–Kier alpha value is -2.51. The Bertz CT molecular complexity index is 1070. The molecule has 1 amide bonds. The molecular formula is C19H14ClFN2O3S. The summed E-state index contributed by atoms with van der Waals surface area (Å²) in [6.45, 7) is 0.184. The Morgan fingerprint density at radius 2 is 2.19 bits per heavy atom. The van der Waals surface area contributed by atoms with Crippen molar-refractivity contribution in [3.8, 4) is 0 Å². The molecule has 27 heavy (non-hydrogen) atoms. The Morgan fingerprint density at radius 1 is 1.37 bits per heavy atom. The van der Waals surface area contributed by atoms with Gasteiger partial charge in [0.05, 0.1) is 28.6 Å². The molecule has 1 N–H and O–H groups in total. The van der Waals surface area contributed by atoms with Crippen LogP contribution in [0.2, 0.25) is 5.02 Å². The van der Waals surface area contributed by atoms with Crippen LogP contribution in [-0.4, -0.2) is 22.0 Å². The summed E-state index contributed by atoms with van der Waals surface area (Å²) in [5.41, 5.74) is 1.89. The number of carbonyl (C=O) groups excluding carboxylic acids is 1. The molecule has 0 radical (unpaired) electrons. The van der Waals surface area contributed by atoms with Crippen LogP contribution in [0.25, 0.3) is 10.2 Å². The van der Waals surface area contributed by atoms with Crippen LogP contribution in [-0.2, 0) is 22.6 Å². The maximum atomic E-state index is 13.7. The van der Waals surface area contributed by atoms with Crippen molar-refractivity contribution in [1.82, 2.24) is 4.98 Å². The number of para-hydroxylation sites is 1. The minimum absolute atomic E-state index is 0.184. The molecule has 0 bridgehead atoms. The van der Waals surface area contributed by atoms with Gasteiger partial charge < -0.3 is 10.0 Å². The van der Waals surface area contributed by atoms with Crippen molar-refractivity contribution in [2.75, 3.05) is 4.90 Å². The minimum Gasteiger partial charge on any atom is -0.481 e. The summed E-state index contributed by atoms with van der Waals surface area (Å²) in [6, 6.07) is 9.70. The quantitative estimate of drug-likeness (QED) is 0.705. The molecule has 1 atom stereocenters. The maximum Gasteiger partial charge on any atom is 0.304 e. The van der Waals surface area contributed by atoms with Gasteiger partial charge in [0, 0.05) is 5.69 Å². The summed E-state index contributed by atoms with van der Waals surface area (Å²) in [7, 11) is 0. The summed E-state index contributed by atoms with van der Waals surface area (Å²) in [5.74, 6) is -2.49. The number of thiazole rings is 1. The Balaban J connectivity index is 1.73. The molecule has 5 nitrogen and oxygen atoms in total. The molecule has 138 valence electrons. The highest BCUT2D eigenvalue weighted by molar-refractivity contribution is 7.18. The predicted octanol–water partition coefficient (Wildman–Crippen LogP) is 4.27. The van der Waals surface area contributed by atoms with Crippen molar-refractivity contribution < 1.29 is 19.1 Å². The van der Waals surface area contributed by atoms with Gasteiger partial charge in [0.15, 0.2) is 0 Å². The fourth-order valence-electron chi connectivity index (χ4n) is 3.37. The second-order valence-electron chi connectivity index (χ2n) is 6.39. The number of benzene rings is 2. The van der Waals surface area contributed by atoms with Crippen molar-refractivity contribution in [3.63, 3.8) is 0 Å². The largest absolute Gasteiger partial charge is 0.481 e. The third-order valence-corrected chi connectivity index (χ3v) is 5.85. The third kappa shape index (κ3) is 3.40. The van der Waals surface area contributed by atoms with Crippen molar-refractivity contribution in [1.29, 1.82) is 0 Å². The lowest BCUT2D eigenvalue weighted by Crippen LogP contribution is -2.41. The average molecular weight is 405 g/mol. The summed E-state index contributed by atoms with van der Waals surface area (Å²) < 4.78 is 14.6. The fourth-order valence-corrected chi connectivity index (χ4v) is 4.63. The number of anilines is 1. The Kier molecular flexibility index (Phi) is 4.57. The van der Waals surface area contributed by atoms with E-state index in [1.54, 1.807) is 12.1 Å². The first-order valence-electron chi connectivity index (χ1n) is 8.28. The fraction of sp³-hybridized carbons (Fsp3) is 0.211. The third-order valence-electron chi connectivity index (χ3n) is 4.54. The zero-order chi connectivity index (χ0) is 19.1. The maximum absolute atomic E-state index is 13.7. The molecule has 1 aliphatic rings. The number of amides is 1. The molecule has 0 saturated heterocycles. The van der Waals surface area contributed by atoms with E-state index in [9.17, 15) is 14.0 Å². The highest BCUT2D eigenvalue weighted by atomic mass is 35.5. The van der Waals surface area contributed by atoms with E-state index in [1.807, 2.05) is 12.1 Å². The van der Waals surface area contributed by atoms with Crippen LogP contribution in [0.15, 0.2) is 36.4 Å². The van der Waals surface area contributed by atoms with E-state index in [2.05, 4.69) is 4.98 Å². The van der Waals surface area contributed by atoms with Gasteiger partial charge >= 0.3 is 5.97 Å². The summed E-state index contributed by atoms with van der Waals surface area (Å²) in [5, 5.41) is 10.3. The van der Waals surface area contributed by atoms with Crippen LogP contribution >= 0.6 is 22.9 Å². The number of carboxylic acid groups (broad SMARTS) is 1. The first kappa shape index (κ1) is 17.9.